The molecule has 4 heteroatoms. The largest absolute Gasteiger partial charge is 0.397 e. The van der Waals surface area contributed by atoms with Crippen molar-refractivity contribution in [2.45, 2.75) is 6.92 Å². The van der Waals surface area contributed by atoms with Crippen molar-refractivity contribution >= 4 is 23.0 Å². The Labute approximate surface area is 106 Å². The summed E-state index contributed by atoms with van der Waals surface area (Å²) in [4.78, 5) is 10.9. The summed E-state index contributed by atoms with van der Waals surface area (Å²) in [5, 5.41) is 2.71. The summed E-state index contributed by atoms with van der Waals surface area (Å²) < 4.78 is 0. The average Bonchev–Trinajstić information content (AvgIpc) is 2.33. The number of nitrogen functional groups attached to an aromatic ring is 2. The minimum absolute atomic E-state index is 0.0915. The standard InChI is InChI=1S/C14H15N3O/c1-9(18)17-11-7-5-10(6-8-11)12-3-2-4-13(15)14(12)16/h2-8H,15-16H2,1H3,(H,17,18). The van der Waals surface area contributed by atoms with E-state index in [1.165, 1.54) is 6.92 Å². The van der Waals surface area contributed by atoms with E-state index in [2.05, 4.69) is 5.32 Å². The maximum absolute atomic E-state index is 10.9. The van der Waals surface area contributed by atoms with Gasteiger partial charge in [0.1, 0.15) is 0 Å². The Balaban J connectivity index is 2.34. The molecule has 0 aliphatic rings. The van der Waals surface area contributed by atoms with E-state index in [-0.39, 0.29) is 5.91 Å². The summed E-state index contributed by atoms with van der Waals surface area (Å²) in [6.45, 7) is 1.48. The lowest BCUT2D eigenvalue weighted by Crippen LogP contribution is -2.05. The van der Waals surface area contributed by atoms with Gasteiger partial charge in [-0.3, -0.25) is 4.79 Å². The fraction of sp³-hybridized carbons (Fsp3) is 0.0714. The van der Waals surface area contributed by atoms with Crippen molar-refractivity contribution in [3.05, 3.63) is 42.5 Å². The summed E-state index contributed by atoms with van der Waals surface area (Å²) >= 11 is 0. The molecule has 0 radical (unpaired) electrons. The number of para-hydroxylation sites is 1. The van der Waals surface area contributed by atoms with Gasteiger partial charge in [-0.05, 0) is 23.8 Å². The molecule has 0 unspecified atom stereocenters. The molecule has 0 saturated heterocycles. The van der Waals surface area contributed by atoms with Crippen molar-refractivity contribution in [1.82, 2.24) is 0 Å². The van der Waals surface area contributed by atoms with E-state index in [1.54, 1.807) is 6.07 Å². The number of rotatable bonds is 2. The third-order valence-corrected chi connectivity index (χ3v) is 2.66. The maximum Gasteiger partial charge on any atom is 0.221 e. The molecule has 2 aromatic carbocycles. The molecule has 0 atom stereocenters. The van der Waals surface area contributed by atoms with Gasteiger partial charge in [0.25, 0.3) is 0 Å². The second-order valence-electron chi connectivity index (χ2n) is 4.07. The number of hydrogen-bond donors (Lipinski definition) is 3. The number of nitrogens with one attached hydrogen (secondary N) is 1. The molecular formula is C14H15N3O. The topological polar surface area (TPSA) is 81.1 Å². The third kappa shape index (κ3) is 2.43. The number of hydrogen-bond acceptors (Lipinski definition) is 3. The Bertz CT molecular complexity index is 576. The Morgan fingerprint density at radius 1 is 1.06 bits per heavy atom. The average molecular weight is 241 g/mol. The molecule has 0 aliphatic heterocycles. The van der Waals surface area contributed by atoms with E-state index in [0.29, 0.717) is 11.4 Å². The Morgan fingerprint density at radius 3 is 2.33 bits per heavy atom. The molecule has 2 rings (SSSR count). The summed E-state index contributed by atoms with van der Waals surface area (Å²) in [7, 11) is 0. The minimum atomic E-state index is -0.0915. The zero-order valence-electron chi connectivity index (χ0n) is 10.1. The predicted octanol–water partition coefficient (Wildman–Crippen LogP) is 2.48. The van der Waals surface area contributed by atoms with E-state index in [0.717, 1.165) is 16.8 Å². The van der Waals surface area contributed by atoms with Gasteiger partial charge in [-0.25, -0.2) is 0 Å². The minimum Gasteiger partial charge on any atom is -0.397 e. The van der Waals surface area contributed by atoms with Gasteiger partial charge in [-0.2, -0.15) is 0 Å². The van der Waals surface area contributed by atoms with Crippen molar-refractivity contribution in [2.75, 3.05) is 16.8 Å². The summed E-state index contributed by atoms with van der Waals surface area (Å²) in [5.74, 6) is -0.0915. The highest BCUT2D eigenvalue weighted by Gasteiger charge is 2.05. The van der Waals surface area contributed by atoms with Crippen LogP contribution < -0.4 is 16.8 Å². The van der Waals surface area contributed by atoms with Gasteiger partial charge in [0.2, 0.25) is 5.91 Å². The van der Waals surface area contributed by atoms with E-state index < -0.39 is 0 Å². The number of nitrogens with two attached hydrogens (primary N) is 2. The first kappa shape index (κ1) is 12.0. The van der Waals surface area contributed by atoms with E-state index >= 15 is 0 Å². The summed E-state index contributed by atoms with van der Waals surface area (Å²) in [6.07, 6.45) is 0. The van der Waals surface area contributed by atoms with Crippen molar-refractivity contribution in [1.29, 1.82) is 0 Å². The second-order valence-corrected chi connectivity index (χ2v) is 4.07. The lowest BCUT2D eigenvalue weighted by molar-refractivity contribution is -0.114. The van der Waals surface area contributed by atoms with Crippen LogP contribution in [0.15, 0.2) is 42.5 Å². The maximum atomic E-state index is 10.9. The zero-order valence-corrected chi connectivity index (χ0v) is 10.1. The molecular weight excluding hydrogens is 226 g/mol. The molecule has 5 N–H and O–H groups in total. The van der Waals surface area contributed by atoms with Crippen molar-refractivity contribution in [2.24, 2.45) is 0 Å². The van der Waals surface area contributed by atoms with Gasteiger partial charge in [-0.1, -0.05) is 24.3 Å². The molecule has 0 fully saturated rings. The van der Waals surface area contributed by atoms with Crippen LogP contribution in [0.25, 0.3) is 11.1 Å². The van der Waals surface area contributed by atoms with Crippen LogP contribution in [0.1, 0.15) is 6.92 Å². The van der Waals surface area contributed by atoms with Gasteiger partial charge >= 0.3 is 0 Å². The van der Waals surface area contributed by atoms with E-state index in [9.17, 15) is 4.79 Å². The third-order valence-electron chi connectivity index (χ3n) is 2.66. The first-order valence-corrected chi connectivity index (χ1v) is 5.60. The van der Waals surface area contributed by atoms with Crippen molar-refractivity contribution in [3.8, 4) is 11.1 Å². The number of carbonyl (C=O) groups is 1. The van der Waals surface area contributed by atoms with Crippen LogP contribution >= 0.6 is 0 Å². The van der Waals surface area contributed by atoms with Crippen LogP contribution in [0.4, 0.5) is 17.1 Å². The highest BCUT2D eigenvalue weighted by Crippen LogP contribution is 2.30. The van der Waals surface area contributed by atoms with E-state index in [1.807, 2.05) is 36.4 Å². The molecule has 0 spiro atoms. The van der Waals surface area contributed by atoms with Gasteiger partial charge < -0.3 is 16.8 Å². The van der Waals surface area contributed by atoms with Crippen LogP contribution in [-0.2, 0) is 4.79 Å². The number of carbonyl (C=O) groups excluding carboxylic acids is 1. The molecule has 18 heavy (non-hydrogen) atoms. The Hall–Kier alpha value is -2.49. The predicted molar refractivity (Wildman–Crippen MR) is 75.0 cm³/mol. The van der Waals surface area contributed by atoms with Crippen LogP contribution in [0.3, 0.4) is 0 Å². The molecule has 1 amide bonds. The molecule has 0 heterocycles. The number of amides is 1. The fourth-order valence-electron chi connectivity index (χ4n) is 1.77. The normalized spacial score (nSPS) is 10.1. The first-order valence-electron chi connectivity index (χ1n) is 5.60. The van der Waals surface area contributed by atoms with Gasteiger partial charge in [0.05, 0.1) is 11.4 Å². The molecule has 0 aliphatic carbocycles. The van der Waals surface area contributed by atoms with E-state index in [4.69, 9.17) is 11.5 Å². The van der Waals surface area contributed by atoms with Gasteiger partial charge in [0.15, 0.2) is 0 Å². The van der Waals surface area contributed by atoms with Crippen molar-refractivity contribution < 1.29 is 4.79 Å². The van der Waals surface area contributed by atoms with Gasteiger partial charge in [-0.15, -0.1) is 0 Å². The highest BCUT2D eigenvalue weighted by atomic mass is 16.1. The number of benzene rings is 2. The molecule has 0 bridgehead atoms. The smallest absolute Gasteiger partial charge is 0.221 e. The summed E-state index contributed by atoms with van der Waals surface area (Å²) in [6, 6.07) is 13.0. The lowest BCUT2D eigenvalue weighted by Gasteiger charge is -2.09. The SMILES string of the molecule is CC(=O)Nc1ccc(-c2cccc(N)c2N)cc1. The summed E-state index contributed by atoms with van der Waals surface area (Å²) in [5.41, 5.74) is 15.5. The molecule has 4 nitrogen and oxygen atoms in total. The monoisotopic (exact) mass is 241 g/mol. The van der Waals surface area contributed by atoms with Gasteiger partial charge in [0, 0.05) is 18.2 Å². The molecule has 0 saturated carbocycles. The second kappa shape index (κ2) is 4.79. The van der Waals surface area contributed by atoms with Crippen LogP contribution in [0.5, 0.6) is 0 Å². The highest BCUT2D eigenvalue weighted by molar-refractivity contribution is 5.90. The quantitative estimate of drug-likeness (QED) is 0.706. The Kier molecular flexibility index (Phi) is 3.19. The van der Waals surface area contributed by atoms with Crippen molar-refractivity contribution in [3.63, 3.8) is 0 Å². The molecule has 92 valence electrons. The molecule has 0 aromatic heterocycles. The molecule has 2 aromatic rings. The lowest BCUT2D eigenvalue weighted by atomic mass is 10.0. The first-order chi connectivity index (χ1) is 8.58. The van der Waals surface area contributed by atoms with Crippen LogP contribution in [0, 0.1) is 0 Å². The Morgan fingerprint density at radius 2 is 1.72 bits per heavy atom. The number of anilines is 3. The van der Waals surface area contributed by atoms with Crippen LogP contribution in [0.2, 0.25) is 0 Å². The fourth-order valence-corrected chi connectivity index (χ4v) is 1.77. The zero-order chi connectivity index (χ0) is 13.1. The van der Waals surface area contributed by atoms with Crippen LogP contribution in [-0.4, -0.2) is 5.91 Å².